The number of nitrogens with one attached hydrogen (secondary N) is 1. The van der Waals surface area contributed by atoms with Gasteiger partial charge in [0.15, 0.2) is 0 Å². The maximum Gasteiger partial charge on any atom is 0.133 e. The molecular weight excluding hydrogens is 318 g/mol. The molecule has 3 nitrogen and oxygen atoms in total. The molecule has 0 heterocycles. The van der Waals surface area contributed by atoms with Crippen LogP contribution in [0.1, 0.15) is 38.5 Å². The number of hydrogen-bond acceptors (Lipinski definition) is 3. The molecule has 1 aliphatic rings. The van der Waals surface area contributed by atoms with E-state index in [1.807, 2.05) is 18.2 Å². The minimum Gasteiger partial charge on any atom is -0.497 e. The van der Waals surface area contributed by atoms with Gasteiger partial charge in [-0.05, 0) is 47.0 Å². The lowest BCUT2D eigenvalue weighted by molar-refractivity contribution is 0.298. The molecule has 1 N–H and O–H groups in total. The molecule has 2 rings (SSSR count). The van der Waals surface area contributed by atoms with E-state index >= 15 is 0 Å². The van der Waals surface area contributed by atoms with Gasteiger partial charge in [-0.25, -0.2) is 0 Å². The third-order valence-corrected chi connectivity index (χ3v) is 4.41. The van der Waals surface area contributed by atoms with Crippen molar-refractivity contribution in [1.29, 1.82) is 0 Å². The van der Waals surface area contributed by atoms with Crippen molar-refractivity contribution >= 4 is 15.9 Å². The monoisotopic (exact) mass is 341 g/mol. The summed E-state index contributed by atoms with van der Waals surface area (Å²) in [5, 5.41) is 3.61. The van der Waals surface area contributed by atoms with Gasteiger partial charge in [-0.15, -0.1) is 0 Å². The Labute approximate surface area is 130 Å². The largest absolute Gasteiger partial charge is 0.497 e. The molecule has 0 atom stereocenters. The summed E-state index contributed by atoms with van der Waals surface area (Å²) in [4.78, 5) is 0. The van der Waals surface area contributed by atoms with Crippen LogP contribution in [0.15, 0.2) is 22.7 Å². The quantitative estimate of drug-likeness (QED) is 0.622. The molecule has 0 saturated heterocycles. The van der Waals surface area contributed by atoms with Crippen LogP contribution in [0, 0.1) is 0 Å². The average molecular weight is 342 g/mol. The first kappa shape index (κ1) is 15.6. The SMILES string of the molecule is COc1ccc(OCCNC2CCCCCC2)c(Br)c1. The van der Waals surface area contributed by atoms with Gasteiger partial charge in [0.1, 0.15) is 18.1 Å². The Kier molecular flexibility index (Phi) is 6.67. The summed E-state index contributed by atoms with van der Waals surface area (Å²) in [7, 11) is 1.67. The van der Waals surface area contributed by atoms with Gasteiger partial charge < -0.3 is 14.8 Å². The summed E-state index contributed by atoms with van der Waals surface area (Å²) in [5.41, 5.74) is 0. The molecule has 0 amide bonds. The summed E-state index contributed by atoms with van der Waals surface area (Å²) >= 11 is 3.50. The zero-order valence-corrected chi connectivity index (χ0v) is 13.7. The lowest BCUT2D eigenvalue weighted by atomic mass is 10.1. The van der Waals surface area contributed by atoms with Crippen molar-refractivity contribution in [2.75, 3.05) is 20.3 Å². The molecule has 1 aliphatic carbocycles. The van der Waals surface area contributed by atoms with E-state index in [0.29, 0.717) is 12.6 Å². The number of rotatable bonds is 6. The zero-order valence-electron chi connectivity index (χ0n) is 12.2. The minimum absolute atomic E-state index is 0.681. The number of halogens is 1. The Morgan fingerprint density at radius 1 is 1.20 bits per heavy atom. The molecule has 20 heavy (non-hydrogen) atoms. The maximum absolute atomic E-state index is 5.79. The minimum atomic E-state index is 0.681. The highest BCUT2D eigenvalue weighted by atomic mass is 79.9. The topological polar surface area (TPSA) is 30.5 Å². The van der Waals surface area contributed by atoms with Crippen LogP contribution in [0.3, 0.4) is 0 Å². The molecule has 1 fully saturated rings. The molecule has 0 aromatic heterocycles. The fourth-order valence-electron chi connectivity index (χ4n) is 2.63. The van der Waals surface area contributed by atoms with Crippen LogP contribution in [0.2, 0.25) is 0 Å². The van der Waals surface area contributed by atoms with E-state index in [-0.39, 0.29) is 0 Å². The van der Waals surface area contributed by atoms with Crippen LogP contribution in [0.25, 0.3) is 0 Å². The number of ether oxygens (including phenoxy) is 2. The van der Waals surface area contributed by atoms with Crippen molar-refractivity contribution in [3.05, 3.63) is 22.7 Å². The van der Waals surface area contributed by atoms with E-state index in [1.165, 1.54) is 38.5 Å². The van der Waals surface area contributed by atoms with Crippen LogP contribution >= 0.6 is 15.9 Å². The Morgan fingerprint density at radius 3 is 2.60 bits per heavy atom. The first-order valence-electron chi connectivity index (χ1n) is 7.49. The van der Waals surface area contributed by atoms with Gasteiger partial charge in [0.25, 0.3) is 0 Å². The van der Waals surface area contributed by atoms with Gasteiger partial charge in [-0.3, -0.25) is 0 Å². The molecule has 4 heteroatoms. The van der Waals surface area contributed by atoms with E-state index in [2.05, 4.69) is 21.2 Å². The Morgan fingerprint density at radius 2 is 1.95 bits per heavy atom. The van der Waals surface area contributed by atoms with E-state index in [1.54, 1.807) is 7.11 Å². The normalized spacial score (nSPS) is 16.7. The van der Waals surface area contributed by atoms with E-state index in [4.69, 9.17) is 9.47 Å². The smallest absolute Gasteiger partial charge is 0.133 e. The highest BCUT2D eigenvalue weighted by Gasteiger charge is 2.11. The number of benzene rings is 1. The Balaban J connectivity index is 1.70. The molecule has 0 radical (unpaired) electrons. The van der Waals surface area contributed by atoms with Gasteiger partial charge >= 0.3 is 0 Å². The third kappa shape index (κ3) is 4.98. The van der Waals surface area contributed by atoms with Crippen molar-refractivity contribution in [2.45, 2.75) is 44.6 Å². The second-order valence-corrected chi connectivity index (χ2v) is 6.14. The predicted molar refractivity (Wildman–Crippen MR) is 85.7 cm³/mol. The van der Waals surface area contributed by atoms with Crippen LogP contribution in [0.5, 0.6) is 11.5 Å². The molecule has 1 aromatic rings. The zero-order chi connectivity index (χ0) is 14.2. The van der Waals surface area contributed by atoms with Crippen LogP contribution in [-0.2, 0) is 0 Å². The van der Waals surface area contributed by atoms with E-state index in [0.717, 1.165) is 22.5 Å². The van der Waals surface area contributed by atoms with Crippen molar-refractivity contribution < 1.29 is 9.47 Å². The highest BCUT2D eigenvalue weighted by Crippen LogP contribution is 2.28. The fourth-order valence-corrected chi connectivity index (χ4v) is 3.11. The summed E-state index contributed by atoms with van der Waals surface area (Å²) in [6, 6.07) is 6.46. The van der Waals surface area contributed by atoms with E-state index in [9.17, 15) is 0 Å². The molecule has 1 aromatic carbocycles. The van der Waals surface area contributed by atoms with E-state index < -0.39 is 0 Å². The summed E-state index contributed by atoms with van der Waals surface area (Å²) in [6.45, 7) is 1.60. The first-order chi connectivity index (χ1) is 9.79. The highest BCUT2D eigenvalue weighted by molar-refractivity contribution is 9.10. The van der Waals surface area contributed by atoms with Crippen LogP contribution in [-0.4, -0.2) is 26.3 Å². The maximum atomic E-state index is 5.79. The molecule has 0 unspecified atom stereocenters. The molecule has 0 aliphatic heterocycles. The molecule has 0 spiro atoms. The van der Waals surface area contributed by atoms with Crippen molar-refractivity contribution in [2.24, 2.45) is 0 Å². The first-order valence-corrected chi connectivity index (χ1v) is 8.28. The van der Waals surface area contributed by atoms with Gasteiger partial charge in [-0.2, -0.15) is 0 Å². The number of methoxy groups -OCH3 is 1. The van der Waals surface area contributed by atoms with Crippen LogP contribution in [0.4, 0.5) is 0 Å². The Bertz CT molecular complexity index is 403. The summed E-state index contributed by atoms with van der Waals surface area (Å²) < 4.78 is 11.9. The molecule has 1 saturated carbocycles. The van der Waals surface area contributed by atoms with Gasteiger partial charge in [-0.1, -0.05) is 25.7 Å². The second-order valence-electron chi connectivity index (χ2n) is 5.29. The van der Waals surface area contributed by atoms with Crippen molar-refractivity contribution in [3.8, 4) is 11.5 Å². The predicted octanol–water partition coefficient (Wildman–Crippen LogP) is 4.15. The lowest BCUT2D eigenvalue weighted by Gasteiger charge is -2.16. The van der Waals surface area contributed by atoms with Gasteiger partial charge in [0.2, 0.25) is 0 Å². The fraction of sp³-hybridized carbons (Fsp3) is 0.625. The molecule has 112 valence electrons. The lowest BCUT2D eigenvalue weighted by Crippen LogP contribution is -2.32. The Hall–Kier alpha value is -0.740. The van der Waals surface area contributed by atoms with Crippen molar-refractivity contribution in [1.82, 2.24) is 5.32 Å². The number of hydrogen-bond donors (Lipinski definition) is 1. The third-order valence-electron chi connectivity index (χ3n) is 3.79. The summed E-state index contributed by atoms with van der Waals surface area (Å²) in [6.07, 6.45) is 8.14. The van der Waals surface area contributed by atoms with Crippen LogP contribution < -0.4 is 14.8 Å². The molecule has 0 bridgehead atoms. The second kappa shape index (κ2) is 8.53. The van der Waals surface area contributed by atoms with Crippen molar-refractivity contribution in [3.63, 3.8) is 0 Å². The molecular formula is C16H24BrNO2. The van der Waals surface area contributed by atoms with Gasteiger partial charge in [0.05, 0.1) is 11.6 Å². The standard InChI is InChI=1S/C16H24BrNO2/c1-19-14-8-9-16(15(17)12-14)20-11-10-18-13-6-4-2-3-5-7-13/h8-9,12-13,18H,2-7,10-11H2,1H3. The average Bonchev–Trinajstić information content (AvgIpc) is 2.73. The summed E-state index contributed by atoms with van der Waals surface area (Å²) in [5.74, 6) is 1.70. The van der Waals surface area contributed by atoms with Gasteiger partial charge in [0, 0.05) is 12.6 Å².